The predicted octanol–water partition coefficient (Wildman–Crippen LogP) is 3.30. The lowest BCUT2D eigenvalue weighted by Crippen LogP contribution is -2.35. The van der Waals surface area contributed by atoms with Gasteiger partial charge in [0.05, 0.1) is 11.1 Å². The summed E-state index contributed by atoms with van der Waals surface area (Å²) in [6, 6.07) is 6.13. The number of nitrogens with zero attached hydrogens (tertiary/aromatic N) is 2. The molecule has 1 aliphatic rings. The van der Waals surface area contributed by atoms with Crippen LogP contribution in [0.3, 0.4) is 0 Å². The van der Waals surface area contributed by atoms with Crippen molar-refractivity contribution in [2.24, 2.45) is 0 Å². The lowest BCUT2D eigenvalue weighted by Gasteiger charge is -2.18. The average Bonchev–Trinajstić information content (AvgIpc) is 3.24. The van der Waals surface area contributed by atoms with Gasteiger partial charge in [-0.25, -0.2) is 0 Å². The van der Waals surface area contributed by atoms with Gasteiger partial charge >= 0.3 is 0 Å². The molecule has 3 rings (SSSR count). The molecule has 0 saturated heterocycles. The molecule has 7 nitrogen and oxygen atoms in total. The molecule has 0 fully saturated rings. The molecule has 1 aromatic heterocycles. The van der Waals surface area contributed by atoms with Crippen LogP contribution in [0, 0.1) is 13.8 Å². The van der Waals surface area contributed by atoms with Gasteiger partial charge in [-0.2, -0.15) is 0 Å². The normalized spacial score (nSPS) is 14.3. The Morgan fingerprint density at radius 2 is 1.85 bits per heavy atom. The van der Waals surface area contributed by atoms with E-state index >= 15 is 0 Å². The van der Waals surface area contributed by atoms with E-state index in [0.29, 0.717) is 17.7 Å². The molecule has 1 aromatic carbocycles. The molecule has 0 saturated carbocycles. The van der Waals surface area contributed by atoms with E-state index < -0.39 is 0 Å². The minimum atomic E-state index is -0.119. The molecule has 0 unspecified atom stereocenters. The highest BCUT2D eigenvalue weighted by atomic mass is 16.2. The van der Waals surface area contributed by atoms with Crippen molar-refractivity contribution in [1.82, 2.24) is 20.1 Å². The minimum Gasteiger partial charge on any atom is -0.358 e. The molecular formula is C26H37N5O2. The van der Waals surface area contributed by atoms with Crippen LogP contribution in [0.2, 0.25) is 0 Å². The minimum absolute atomic E-state index is 0.0831. The van der Waals surface area contributed by atoms with Gasteiger partial charge in [0.15, 0.2) is 0 Å². The Bertz CT molecular complexity index is 1050. The predicted molar refractivity (Wildman–Crippen MR) is 136 cm³/mol. The monoisotopic (exact) mass is 451 g/mol. The van der Waals surface area contributed by atoms with Crippen LogP contribution >= 0.6 is 0 Å². The van der Waals surface area contributed by atoms with Crippen molar-refractivity contribution in [3.63, 3.8) is 0 Å². The van der Waals surface area contributed by atoms with Crippen molar-refractivity contribution in [1.29, 1.82) is 0 Å². The number of hydrogen-bond donors (Lipinski definition) is 3. The van der Waals surface area contributed by atoms with Gasteiger partial charge in [0, 0.05) is 42.3 Å². The van der Waals surface area contributed by atoms with E-state index in [4.69, 9.17) is 0 Å². The highest BCUT2D eigenvalue weighted by Crippen LogP contribution is 2.34. The van der Waals surface area contributed by atoms with Gasteiger partial charge in [-0.05, 0) is 76.8 Å². The van der Waals surface area contributed by atoms with Crippen molar-refractivity contribution in [3.8, 4) is 0 Å². The van der Waals surface area contributed by atoms with Crippen LogP contribution in [0.4, 0.5) is 5.69 Å². The fraction of sp³-hybridized carbons (Fsp3) is 0.462. The second kappa shape index (κ2) is 10.8. The maximum Gasteiger partial charge on any atom is 0.256 e. The summed E-state index contributed by atoms with van der Waals surface area (Å²) in [5.41, 5.74) is 6.65. The molecule has 0 atom stereocenters. The Morgan fingerprint density at radius 3 is 2.52 bits per heavy atom. The van der Waals surface area contributed by atoms with E-state index in [2.05, 4.69) is 65.5 Å². The summed E-state index contributed by atoms with van der Waals surface area (Å²) >= 11 is 0. The first-order chi connectivity index (χ1) is 15.7. The second-order valence-electron chi connectivity index (χ2n) is 8.89. The topological polar surface area (TPSA) is 80.5 Å². The standard InChI is InChI=1S/C26H37N5O2/c1-7-31(8-2)14-12-27-26(33)24-17(3)23(28-18(24)4)16-21-20-15-19(11-13-30(5)6)9-10-22(20)29-25(21)32/h9-10,15-16,28H,7-8,11-14H2,1-6H3,(H,27,33)(H,29,32)/b21-16-. The largest absolute Gasteiger partial charge is 0.358 e. The number of likely N-dealkylation sites (N-methyl/N-ethyl adjacent to an activating group) is 2. The number of rotatable bonds is 10. The van der Waals surface area contributed by atoms with Gasteiger partial charge in [0.25, 0.3) is 11.8 Å². The number of nitrogens with one attached hydrogen (secondary N) is 3. The zero-order valence-corrected chi connectivity index (χ0v) is 20.8. The zero-order valence-electron chi connectivity index (χ0n) is 20.8. The molecule has 2 heterocycles. The van der Waals surface area contributed by atoms with Gasteiger partial charge in [0.1, 0.15) is 0 Å². The van der Waals surface area contributed by atoms with Crippen molar-refractivity contribution in [2.75, 3.05) is 52.1 Å². The molecule has 2 aromatic rings. The SMILES string of the molecule is CCN(CC)CCNC(=O)c1c(C)[nH]c(/C=C2\C(=O)Nc3ccc(CCN(C)C)cc32)c1C. The van der Waals surface area contributed by atoms with Crippen LogP contribution in [-0.4, -0.2) is 73.4 Å². The van der Waals surface area contributed by atoms with Gasteiger partial charge < -0.3 is 25.4 Å². The Morgan fingerprint density at radius 1 is 1.12 bits per heavy atom. The Balaban J connectivity index is 1.83. The smallest absolute Gasteiger partial charge is 0.256 e. The number of aromatic amines is 1. The van der Waals surface area contributed by atoms with Crippen molar-refractivity contribution >= 4 is 29.2 Å². The maximum absolute atomic E-state index is 12.9. The summed E-state index contributed by atoms with van der Waals surface area (Å²) in [6.45, 7) is 12.4. The third-order valence-corrected chi connectivity index (χ3v) is 6.31. The van der Waals surface area contributed by atoms with E-state index in [1.54, 1.807) is 0 Å². The molecule has 1 aliphatic heterocycles. The lowest BCUT2D eigenvalue weighted by molar-refractivity contribution is -0.110. The van der Waals surface area contributed by atoms with E-state index in [1.165, 1.54) is 5.56 Å². The number of benzene rings is 1. The van der Waals surface area contributed by atoms with Crippen LogP contribution in [0.1, 0.15) is 52.3 Å². The van der Waals surface area contributed by atoms with Crippen molar-refractivity contribution < 1.29 is 9.59 Å². The third-order valence-electron chi connectivity index (χ3n) is 6.31. The fourth-order valence-corrected chi connectivity index (χ4v) is 4.25. The zero-order chi connectivity index (χ0) is 24.1. The third kappa shape index (κ3) is 5.72. The Hall–Kier alpha value is -2.90. The van der Waals surface area contributed by atoms with Crippen LogP contribution in [-0.2, 0) is 11.2 Å². The van der Waals surface area contributed by atoms with Crippen LogP contribution in [0.5, 0.6) is 0 Å². The van der Waals surface area contributed by atoms with Crippen LogP contribution in [0.25, 0.3) is 11.6 Å². The number of carbonyl (C=O) groups excluding carboxylic acids is 2. The molecular weight excluding hydrogens is 414 g/mol. The lowest BCUT2D eigenvalue weighted by atomic mass is 10.0. The summed E-state index contributed by atoms with van der Waals surface area (Å²) in [5.74, 6) is -0.202. The number of H-pyrrole nitrogens is 1. The molecule has 2 amide bonds. The maximum atomic E-state index is 12.9. The summed E-state index contributed by atoms with van der Waals surface area (Å²) in [4.78, 5) is 33.3. The van der Waals surface area contributed by atoms with Crippen molar-refractivity contribution in [3.05, 3.63) is 51.8 Å². The first-order valence-electron chi connectivity index (χ1n) is 11.8. The molecule has 0 radical (unpaired) electrons. The number of aryl methyl sites for hydroxylation is 1. The van der Waals surface area contributed by atoms with E-state index in [0.717, 1.165) is 60.8 Å². The highest BCUT2D eigenvalue weighted by molar-refractivity contribution is 6.35. The van der Waals surface area contributed by atoms with Gasteiger partial charge in [-0.3, -0.25) is 9.59 Å². The Kier molecular flexibility index (Phi) is 8.10. The quantitative estimate of drug-likeness (QED) is 0.484. The van der Waals surface area contributed by atoms with Gasteiger partial charge in [0.2, 0.25) is 0 Å². The van der Waals surface area contributed by atoms with Crippen LogP contribution < -0.4 is 10.6 Å². The van der Waals surface area contributed by atoms with Gasteiger partial charge in [-0.15, -0.1) is 0 Å². The summed E-state index contributed by atoms with van der Waals surface area (Å²) in [5, 5.41) is 5.99. The molecule has 178 valence electrons. The van der Waals surface area contributed by atoms with E-state index in [-0.39, 0.29) is 11.8 Å². The summed E-state index contributed by atoms with van der Waals surface area (Å²) in [6.07, 6.45) is 2.78. The molecule has 33 heavy (non-hydrogen) atoms. The molecule has 7 heteroatoms. The molecule has 0 aliphatic carbocycles. The van der Waals surface area contributed by atoms with Crippen LogP contribution in [0.15, 0.2) is 18.2 Å². The number of anilines is 1. The fourth-order valence-electron chi connectivity index (χ4n) is 4.25. The molecule has 0 bridgehead atoms. The molecule has 3 N–H and O–H groups in total. The van der Waals surface area contributed by atoms with Crippen molar-refractivity contribution in [2.45, 2.75) is 34.1 Å². The Labute approximate surface area is 197 Å². The van der Waals surface area contributed by atoms with E-state index in [9.17, 15) is 9.59 Å². The average molecular weight is 452 g/mol. The number of fused-ring (bicyclic) bond motifs is 1. The number of carbonyl (C=O) groups is 2. The second-order valence-corrected chi connectivity index (χ2v) is 8.89. The molecule has 0 spiro atoms. The summed E-state index contributed by atoms with van der Waals surface area (Å²) < 4.78 is 0. The number of aromatic nitrogens is 1. The summed E-state index contributed by atoms with van der Waals surface area (Å²) in [7, 11) is 4.11. The first kappa shape index (κ1) is 24.7. The number of hydrogen-bond acceptors (Lipinski definition) is 4. The van der Waals surface area contributed by atoms with Gasteiger partial charge in [-0.1, -0.05) is 19.9 Å². The highest BCUT2D eigenvalue weighted by Gasteiger charge is 2.26. The van der Waals surface area contributed by atoms with E-state index in [1.807, 2.05) is 26.0 Å². The number of amides is 2. The first-order valence-corrected chi connectivity index (χ1v) is 11.8.